The molecular formula is C16H27NO. The Bertz CT molecular complexity index is 349. The highest BCUT2D eigenvalue weighted by atomic mass is 16.5. The van der Waals surface area contributed by atoms with Crippen LogP contribution in [0, 0.1) is 13.8 Å². The molecule has 0 bridgehead atoms. The zero-order chi connectivity index (χ0) is 13.4. The lowest BCUT2D eigenvalue weighted by atomic mass is 10.1. The van der Waals surface area contributed by atoms with Crippen LogP contribution in [0.15, 0.2) is 18.2 Å². The van der Waals surface area contributed by atoms with Crippen LogP contribution in [0.25, 0.3) is 0 Å². The molecule has 0 saturated heterocycles. The molecule has 0 radical (unpaired) electrons. The molecule has 18 heavy (non-hydrogen) atoms. The van der Waals surface area contributed by atoms with Crippen LogP contribution in [0.3, 0.4) is 0 Å². The van der Waals surface area contributed by atoms with Crippen molar-refractivity contribution in [2.75, 3.05) is 13.2 Å². The largest absolute Gasteiger partial charge is 0.493 e. The number of nitrogens with one attached hydrogen (secondary N) is 1. The smallest absolute Gasteiger partial charge is 0.122 e. The van der Waals surface area contributed by atoms with Gasteiger partial charge in [-0.15, -0.1) is 0 Å². The van der Waals surface area contributed by atoms with Crippen LogP contribution in [0.1, 0.15) is 44.2 Å². The van der Waals surface area contributed by atoms with Crippen LogP contribution in [0.2, 0.25) is 0 Å². The number of hydrogen-bond donors (Lipinski definition) is 1. The molecule has 1 aromatic rings. The first-order valence-electron chi connectivity index (χ1n) is 7.10. The Labute approximate surface area is 112 Å². The number of rotatable bonds is 8. The van der Waals surface area contributed by atoms with Gasteiger partial charge < -0.3 is 10.1 Å². The van der Waals surface area contributed by atoms with E-state index in [1.165, 1.54) is 24.0 Å². The van der Waals surface area contributed by atoms with Gasteiger partial charge in [-0.25, -0.2) is 0 Å². The van der Waals surface area contributed by atoms with Gasteiger partial charge in [0, 0.05) is 6.04 Å². The van der Waals surface area contributed by atoms with Crippen LogP contribution >= 0.6 is 0 Å². The second-order valence-corrected chi connectivity index (χ2v) is 4.92. The van der Waals surface area contributed by atoms with Crippen LogP contribution < -0.4 is 10.1 Å². The van der Waals surface area contributed by atoms with Crippen molar-refractivity contribution < 1.29 is 4.74 Å². The maximum Gasteiger partial charge on any atom is 0.122 e. The molecule has 0 aliphatic heterocycles. The molecule has 1 unspecified atom stereocenters. The fourth-order valence-electron chi connectivity index (χ4n) is 2.21. The van der Waals surface area contributed by atoms with Crippen molar-refractivity contribution in [2.24, 2.45) is 0 Å². The highest BCUT2D eigenvalue weighted by Gasteiger charge is 2.04. The minimum Gasteiger partial charge on any atom is -0.493 e. The first-order chi connectivity index (χ1) is 8.67. The Hall–Kier alpha value is -1.02. The quantitative estimate of drug-likeness (QED) is 0.707. The second kappa shape index (κ2) is 8.15. The predicted molar refractivity (Wildman–Crippen MR) is 78.4 cm³/mol. The van der Waals surface area contributed by atoms with Gasteiger partial charge in [0.05, 0.1) is 6.61 Å². The molecule has 1 aromatic carbocycles. The van der Waals surface area contributed by atoms with E-state index in [2.05, 4.69) is 51.2 Å². The molecule has 0 aliphatic carbocycles. The molecule has 0 aromatic heterocycles. The van der Waals surface area contributed by atoms with Gasteiger partial charge in [-0.3, -0.25) is 0 Å². The van der Waals surface area contributed by atoms with Crippen molar-refractivity contribution >= 4 is 0 Å². The summed E-state index contributed by atoms with van der Waals surface area (Å²) >= 11 is 0. The Morgan fingerprint density at radius 1 is 1.22 bits per heavy atom. The Kier molecular flexibility index (Phi) is 6.81. The van der Waals surface area contributed by atoms with Crippen molar-refractivity contribution in [3.05, 3.63) is 29.3 Å². The van der Waals surface area contributed by atoms with Gasteiger partial charge in [-0.1, -0.05) is 31.5 Å². The number of aryl methyl sites for hydroxylation is 2. The summed E-state index contributed by atoms with van der Waals surface area (Å²) in [6.07, 6.45) is 3.49. The average molecular weight is 249 g/mol. The third-order valence-corrected chi connectivity index (χ3v) is 3.27. The van der Waals surface area contributed by atoms with Gasteiger partial charge in [-0.05, 0) is 51.3 Å². The van der Waals surface area contributed by atoms with E-state index in [9.17, 15) is 0 Å². The Morgan fingerprint density at radius 3 is 2.61 bits per heavy atom. The van der Waals surface area contributed by atoms with Crippen molar-refractivity contribution in [3.8, 4) is 5.75 Å². The number of benzene rings is 1. The molecule has 1 atom stereocenters. The van der Waals surface area contributed by atoms with Crippen LogP contribution in [-0.4, -0.2) is 19.2 Å². The van der Waals surface area contributed by atoms with Gasteiger partial charge in [0.1, 0.15) is 5.75 Å². The molecule has 102 valence electrons. The standard InChI is InChI=1S/C16H27NO/c1-5-15(17-6-2)8-7-11-18-16-10-9-13(3)12-14(16)4/h9-10,12,15,17H,5-8,11H2,1-4H3. The summed E-state index contributed by atoms with van der Waals surface area (Å²) in [5, 5.41) is 3.49. The first kappa shape index (κ1) is 15.0. The first-order valence-corrected chi connectivity index (χ1v) is 7.10. The molecule has 0 heterocycles. The third kappa shape index (κ3) is 5.09. The Balaban J connectivity index is 2.29. The highest BCUT2D eigenvalue weighted by Crippen LogP contribution is 2.19. The van der Waals surface area contributed by atoms with Gasteiger partial charge in [0.2, 0.25) is 0 Å². The predicted octanol–water partition coefficient (Wildman–Crippen LogP) is 3.85. The molecule has 0 spiro atoms. The van der Waals surface area contributed by atoms with E-state index < -0.39 is 0 Å². The van der Waals surface area contributed by atoms with E-state index in [4.69, 9.17) is 4.74 Å². The summed E-state index contributed by atoms with van der Waals surface area (Å²) in [4.78, 5) is 0. The maximum atomic E-state index is 5.84. The molecule has 0 fully saturated rings. The van der Waals surface area contributed by atoms with E-state index in [0.29, 0.717) is 6.04 Å². The second-order valence-electron chi connectivity index (χ2n) is 4.92. The summed E-state index contributed by atoms with van der Waals surface area (Å²) in [6.45, 7) is 10.5. The summed E-state index contributed by atoms with van der Waals surface area (Å²) in [7, 11) is 0. The summed E-state index contributed by atoms with van der Waals surface area (Å²) < 4.78 is 5.84. The normalized spacial score (nSPS) is 12.4. The average Bonchev–Trinajstić information content (AvgIpc) is 2.35. The van der Waals surface area contributed by atoms with Gasteiger partial charge >= 0.3 is 0 Å². The minimum atomic E-state index is 0.637. The monoisotopic (exact) mass is 249 g/mol. The van der Waals surface area contributed by atoms with E-state index in [-0.39, 0.29) is 0 Å². The lowest BCUT2D eigenvalue weighted by molar-refractivity contribution is 0.293. The Morgan fingerprint density at radius 2 is 2.00 bits per heavy atom. The zero-order valence-corrected chi connectivity index (χ0v) is 12.3. The van der Waals surface area contributed by atoms with E-state index in [0.717, 1.165) is 25.3 Å². The topological polar surface area (TPSA) is 21.3 Å². The molecule has 0 amide bonds. The molecule has 1 N–H and O–H groups in total. The lowest BCUT2D eigenvalue weighted by Gasteiger charge is -2.16. The minimum absolute atomic E-state index is 0.637. The fourth-order valence-corrected chi connectivity index (χ4v) is 2.21. The molecular weight excluding hydrogens is 222 g/mol. The maximum absolute atomic E-state index is 5.84. The van der Waals surface area contributed by atoms with Gasteiger partial charge in [0.15, 0.2) is 0 Å². The van der Waals surface area contributed by atoms with Gasteiger partial charge in [-0.2, -0.15) is 0 Å². The highest BCUT2D eigenvalue weighted by molar-refractivity contribution is 5.35. The number of hydrogen-bond acceptors (Lipinski definition) is 2. The van der Waals surface area contributed by atoms with E-state index in [1.807, 2.05) is 0 Å². The molecule has 1 rings (SSSR count). The van der Waals surface area contributed by atoms with Crippen LogP contribution in [-0.2, 0) is 0 Å². The summed E-state index contributed by atoms with van der Waals surface area (Å²) in [5.74, 6) is 1.03. The third-order valence-electron chi connectivity index (χ3n) is 3.27. The number of ether oxygens (including phenoxy) is 1. The molecule has 0 aliphatic rings. The summed E-state index contributed by atoms with van der Waals surface area (Å²) in [5.41, 5.74) is 2.52. The zero-order valence-electron chi connectivity index (χ0n) is 12.3. The molecule has 2 heteroatoms. The van der Waals surface area contributed by atoms with Crippen LogP contribution in [0.4, 0.5) is 0 Å². The molecule has 2 nitrogen and oxygen atoms in total. The fraction of sp³-hybridized carbons (Fsp3) is 0.625. The van der Waals surface area contributed by atoms with Crippen molar-refractivity contribution in [3.63, 3.8) is 0 Å². The lowest BCUT2D eigenvalue weighted by Crippen LogP contribution is -2.28. The molecule has 0 saturated carbocycles. The van der Waals surface area contributed by atoms with E-state index >= 15 is 0 Å². The summed E-state index contributed by atoms with van der Waals surface area (Å²) in [6, 6.07) is 6.99. The van der Waals surface area contributed by atoms with Crippen molar-refractivity contribution in [1.29, 1.82) is 0 Å². The van der Waals surface area contributed by atoms with Crippen molar-refractivity contribution in [2.45, 2.75) is 53.0 Å². The SMILES string of the molecule is CCNC(CC)CCCOc1ccc(C)cc1C. The van der Waals surface area contributed by atoms with Gasteiger partial charge in [0.25, 0.3) is 0 Å². The van der Waals surface area contributed by atoms with Crippen LogP contribution in [0.5, 0.6) is 5.75 Å². The van der Waals surface area contributed by atoms with Crippen molar-refractivity contribution in [1.82, 2.24) is 5.32 Å². The van der Waals surface area contributed by atoms with E-state index in [1.54, 1.807) is 0 Å².